The number of hydrogen-bond acceptors (Lipinski definition) is 4. The fourth-order valence-corrected chi connectivity index (χ4v) is 2.40. The van der Waals surface area contributed by atoms with E-state index in [1.165, 1.54) is 4.90 Å². The molecule has 0 saturated heterocycles. The Balaban J connectivity index is 2.20. The van der Waals surface area contributed by atoms with Crippen molar-refractivity contribution in [3.8, 4) is 5.69 Å². The van der Waals surface area contributed by atoms with Crippen LogP contribution < -0.4 is 0 Å². The summed E-state index contributed by atoms with van der Waals surface area (Å²) in [7, 11) is 1.67. The van der Waals surface area contributed by atoms with Crippen LogP contribution in [0.3, 0.4) is 0 Å². The fourth-order valence-electron chi connectivity index (χ4n) is 1.87. The molecule has 0 fully saturated rings. The van der Waals surface area contributed by atoms with Crippen LogP contribution in [0.4, 0.5) is 0 Å². The molecule has 1 aromatic heterocycles. The highest BCUT2D eigenvalue weighted by Crippen LogP contribution is 2.18. The van der Waals surface area contributed by atoms with Crippen LogP contribution in [0.5, 0.6) is 0 Å². The summed E-state index contributed by atoms with van der Waals surface area (Å²) in [6, 6.07) is 7.36. The third-order valence-corrected chi connectivity index (χ3v) is 3.63. The number of aliphatic hydroxyl groups excluding tert-OH is 1. The number of thioether (sulfide) groups is 1. The Hall–Kier alpha value is -1.79. The third kappa shape index (κ3) is 3.02. The number of amides is 1. The molecule has 0 aliphatic rings. The van der Waals surface area contributed by atoms with Gasteiger partial charge in [-0.05, 0) is 30.5 Å². The maximum atomic E-state index is 12.0. The second-order valence-electron chi connectivity index (χ2n) is 4.28. The summed E-state index contributed by atoms with van der Waals surface area (Å²) in [4.78, 5) is 17.8. The molecule has 0 spiro atoms. The molecule has 5 nitrogen and oxygen atoms in total. The van der Waals surface area contributed by atoms with Crippen LogP contribution in [0.25, 0.3) is 5.69 Å². The van der Waals surface area contributed by atoms with E-state index in [1.807, 2.05) is 29.2 Å². The SMILES string of the molecule is CSc1nccn1-c1ccc(C(=O)N(C)CCO)cc1. The summed E-state index contributed by atoms with van der Waals surface area (Å²) in [5.74, 6) is -0.0960. The van der Waals surface area contributed by atoms with E-state index < -0.39 is 0 Å². The molecule has 0 saturated carbocycles. The Morgan fingerprint density at radius 2 is 2.10 bits per heavy atom. The van der Waals surface area contributed by atoms with Crippen molar-refractivity contribution in [2.24, 2.45) is 0 Å². The standard InChI is InChI=1S/C14H17N3O2S/c1-16(9-10-18)13(19)11-3-5-12(6-4-11)17-8-7-15-14(17)20-2/h3-8,18H,9-10H2,1-2H3. The number of aromatic nitrogens is 2. The molecule has 0 radical (unpaired) electrons. The lowest BCUT2D eigenvalue weighted by molar-refractivity contribution is 0.0767. The molecule has 106 valence electrons. The second kappa shape index (κ2) is 6.58. The van der Waals surface area contributed by atoms with Gasteiger partial charge in [-0.15, -0.1) is 0 Å². The van der Waals surface area contributed by atoms with Crippen LogP contribution in [0.2, 0.25) is 0 Å². The Bertz CT molecular complexity index is 580. The second-order valence-corrected chi connectivity index (χ2v) is 5.05. The van der Waals surface area contributed by atoms with Gasteiger partial charge >= 0.3 is 0 Å². The molecule has 0 aliphatic heterocycles. The van der Waals surface area contributed by atoms with Gasteiger partial charge in [0.2, 0.25) is 0 Å². The van der Waals surface area contributed by atoms with Crippen LogP contribution in [-0.2, 0) is 0 Å². The van der Waals surface area contributed by atoms with Crippen LogP contribution >= 0.6 is 11.8 Å². The number of carbonyl (C=O) groups is 1. The summed E-state index contributed by atoms with van der Waals surface area (Å²) in [6.07, 6.45) is 5.61. The lowest BCUT2D eigenvalue weighted by Crippen LogP contribution is -2.29. The van der Waals surface area contributed by atoms with Crippen molar-refractivity contribution >= 4 is 17.7 Å². The van der Waals surface area contributed by atoms with Gasteiger partial charge in [0.05, 0.1) is 6.61 Å². The first-order valence-corrected chi connectivity index (χ1v) is 7.44. The zero-order valence-corrected chi connectivity index (χ0v) is 12.3. The Labute approximate surface area is 122 Å². The first-order valence-electron chi connectivity index (χ1n) is 6.21. The van der Waals surface area contributed by atoms with Crippen molar-refractivity contribution < 1.29 is 9.90 Å². The van der Waals surface area contributed by atoms with Crippen molar-refractivity contribution in [2.45, 2.75) is 5.16 Å². The lowest BCUT2D eigenvalue weighted by Gasteiger charge is -2.16. The average molecular weight is 291 g/mol. The maximum Gasteiger partial charge on any atom is 0.253 e. The molecule has 1 N–H and O–H groups in total. The van der Waals surface area contributed by atoms with Crippen molar-refractivity contribution in [1.29, 1.82) is 0 Å². The molecule has 0 atom stereocenters. The number of hydrogen-bond donors (Lipinski definition) is 1. The Kier molecular flexibility index (Phi) is 4.81. The zero-order valence-electron chi connectivity index (χ0n) is 11.5. The summed E-state index contributed by atoms with van der Waals surface area (Å²) >= 11 is 1.57. The van der Waals surface area contributed by atoms with Gasteiger partial charge in [-0.2, -0.15) is 0 Å². The number of rotatable bonds is 5. The van der Waals surface area contributed by atoms with Crippen molar-refractivity contribution in [3.63, 3.8) is 0 Å². The molecular formula is C14H17N3O2S. The smallest absolute Gasteiger partial charge is 0.253 e. The molecule has 2 aromatic rings. The van der Waals surface area contributed by atoms with E-state index >= 15 is 0 Å². The summed E-state index contributed by atoms with van der Waals surface area (Å²) in [5, 5.41) is 9.76. The minimum absolute atomic E-state index is 0.0353. The first kappa shape index (κ1) is 14.6. The quantitative estimate of drug-likeness (QED) is 0.851. The molecule has 2 rings (SSSR count). The van der Waals surface area contributed by atoms with Crippen LogP contribution in [0.15, 0.2) is 41.8 Å². The van der Waals surface area contributed by atoms with Gasteiger partial charge in [0.15, 0.2) is 5.16 Å². The molecule has 0 aliphatic carbocycles. The van der Waals surface area contributed by atoms with Crippen molar-refractivity contribution in [3.05, 3.63) is 42.2 Å². The molecule has 1 aromatic carbocycles. The maximum absolute atomic E-state index is 12.0. The van der Waals surface area contributed by atoms with Gasteiger partial charge in [-0.3, -0.25) is 9.36 Å². The highest BCUT2D eigenvalue weighted by atomic mass is 32.2. The number of likely N-dealkylation sites (N-methyl/N-ethyl adjacent to an activating group) is 1. The zero-order chi connectivity index (χ0) is 14.5. The normalized spacial score (nSPS) is 10.6. The van der Waals surface area contributed by atoms with Gasteiger partial charge < -0.3 is 10.0 Å². The summed E-state index contributed by atoms with van der Waals surface area (Å²) < 4.78 is 1.97. The van der Waals surface area contributed by atoms with Gasteiger partial charge in [-0.25, -0.2) is 4.98 Å². The molecule has 6 heteroatoms. The van der Waals surface area contributed by atoms with Gasteiger partial charge in [0.25, 0.3) is 5.91 Å². The minimum Gasteiger partial charge on any atom is -0.395 e. The van der Waals surface area contributed by atoms with E-state index in [-0.39, 0.29) is 12.5 Å². The minimum atomic E-state index is -0.0960. The monoisotopic (exact) mass is 291 g/mol. The van der Waals surface area contributed by atoms with Gasteiger partial charge in [-0.1, -0.05) is 11.8 Å². The predicted octanol–water partition coefficient (Wildman–Crippen LogP) is 1.66. The van der Waals surface area contributed by atoms with E-state index in [9.17, 15) is 4.79 Å². The molecular weight excluding hydrogens is 274 g/mol. The third-order valence-electron chi connectivity index (χ3n) is 2.96. The molecule has 1 heterocycles. The lowest BCUT2D eigenvalue weighted by atomic mass is 10.2. The van der Waals surface area contributed by atoms with E-state index in [0.717, 1.165) is 10.8 Å². The molecule has 20 heavy (non-hydrogen) atoms. The van der Waals surface area contributed by atoms with Crippen LogP contribution in [0.1, 0.15) is 10.4 Å². The molecule has 1 amide bonds. The van der Waals surface area contributed by atoms with E-state index in [4.69, 9.17) is 5.11 Å². The number of carbonyl (C=O) groups excluding carboxylic acids is 1. The number of imidazole rings is 1. The van der Waals surface area contributed by atoms with E-state index in [1.54, 1.807) is 37.1 Å². The summed E-state index contributed by atoms with van der Waals surface area (Å²) in [6.45, 7) is 0.297. The van der Waals surface area contributed by atoms with Crippen molar-refractivity contribution in [2.75, 3.05) is 26.5 Å². The highest BCUT2D eigenvalue weighted by molar-refractivity contribution is 7.98. The Morgan fingerprint density at radius 1 is 1.40 bits per heavy atom. The first-order chi connectivity index (χ1) is 9.67. The number of benzene rings is 1. The number of nitrogens with zero attached hydrogens (tertiary/aromatic N) is 3. The fraction of sp³-hybridized carbons (Fsp3) is 0.286. The largest absolute Gasteiger partial charge is 0.395 e. The van der Waals surface area contributed by atoms with Gasteiger partial charge in [0, 0.05) is 37.2 Å². The molecule has 0 unspecified atom stereocenters. The van der Waals surface area contributed by atoms with Crippen LogP contribution in [-0.4, -0.2) is 51.9 Å². The van der Waals surface area contributed by atoms with Gasteiger partial charge in [0.1, 0.15) is 0 Å². The number of aliphatic hydroxyl groups is 1. The van der Waals surface area contributed by atoms with E-state index in [2.05, 4.69) is 4.98 Å². The molecule has 0 bridgehead atoms. The van der Waals surface area contributed by atoms with Crippen molar-refractivity contribution in [1.82, 2.24) is 14.5 Å². The summed E-state index contributed by atoms with van der Waals surface area (Å²) in [5.41, 5.74) is 1.57. The average Bonchev–Trinajstić information content (AvgIpc) is 2.95. The highest BCUT2D eigenvalue weighted by Gasteiger charge is 2.11. The Morgan fingerprint density at radius 3 is 2.70 bits per heavy atom. The van der Waals surface area contributed by atoms with Crippen LogP contribution in [0, 0.1) is 0 Å². The predicted molar refractivity (Wildman–Crippen MR) is 79.4 cm³/mol. The van der Waals surface area contributed by atoms with E-state index in [0.29, 0.717) is 12.1 Å². The topological polar surface area (TPSA) is 58.4 Å².